The molecule has 0 fully saturated rings. The highest BCUT2D eigenvalue weighted by atomic mass is 19.3. The molecule has 1 heterocycles. The van der Waals surface area contributed by atoms with Crippen LogP contribution in [0.25, 0.3) is 0 Å². The van der Waals surface area contributed by atoms with E-state index in [4.69, 9.17) is 0 Å². The van der Waals surface area contributed by atoms with Crippen molar-refractivity contribution in [1.29, 1.82) is 0 Å². The summed E-state index contributed by atoms with van der Waals surface area (Å²) in [6.45, 7) is 1.62. The molecule has 110 valence electrons. The predicted molar refractivity (Wildman–Crippen MR) is 68.0 cm³/mol. The first-order valence-corrected chi connectivity index (χ1v) is 5.90. The number of nitro groups is 1. The van der Waals surface area contributed by atoms with E-state index in [1.54, 1.807) is 0 Å². The van der Waals surface area contributed by atoms with Gasteiger partial charge in [0.25, 0.3) is 18.0 Å². The number of hydrogen-bond donors (Lipinski definition) is 2. The van der Waals surface area contributed by atoms with Crippen LogP contribution in [-0.2, 0) is 0 Å². The molecule has 0 saturated carbocycles. The number of amides is 1. The molecule has 0 saturated heterocycles. The lowest BCUT2D eigenvalue weighted by Crippen LogP contribution is -2.29. The fourth-order valence-corrected chi connectivity index (χ4v) is 1.39. The molecule has 20 heavy (non-hydrogen) atoms. The molecule has 0 aliphatic carbocycles. The first-order chi connectivity index (χ1) is 9.45. The Hall–Kier alpha value is -2.32. The van der Waals surface area contributed by atoms with E-state index in [0.29, 0.717) is 6.54 Å². The molecular weight excluding hydrogens is 274 g/mol. The van der Waals surface area contributed by atoms with Crippen LogP contribution in [0.5, 0.6) is 0 Å². The molecule has 0 unspecified atom stereocenters. The number of nitrogens with one attached hydrogen (secondary N) is 2. The Morgan fingerprint density at radius 2 is 2.25 bits per heavy atom. The number of carbonyl (C=O) groups excluding carboxylic acids is 1. The number of halogens is 2. The molecule has 9 heteroatoms. The third-order valence-electron chi connectivity index (χ3n) is 2.30. The maximum atomic E-state index is 12.0. The van der Waals surface area contributed by atoms with Crippen molar-refractivity contribution in [3.05, 3.63) is 27.9 Å². The lowest BCUT2D eigenvalue weighted by atomic mass is 10.2. The molecule has 0 radical (unpaired) electrons. The third kappa shape index (κ3) is 4.41. The van der Waals surface area contributed by atoms with Crippen molar-refractivity contribution < 1.29 is 18.5 Å². The predicted octanol–water partition coefficient (Wildman–Crippen LogP) is 1.81. The largest absolute Gasteiger partial charge is 0.370 e. The van der Waals surface area contributed by atoms with Gasteiger partial charge < -0.3 is 10.6 Å². The number of carbonyl (C=O) groups is 1. The molecule has 0 spiro atoms. The van der Waals surface area contributed by atoms with Crippen molar-refractivity contribution in [2.75, 3.05) is 18.4 Å². The molecule has 0 bridgehead atoms. The van der Waals surface area contributed by atoms with Gasteiger partial charge in [-0.1, -0.05) is 6.92 Å². The zero-order valence-electron chi connectivity index (χ0n) is 10.7. The quantitative estimate of drug-likeness (QED) is 0.589. The molecule has 2 N–H and O–H groups in total. The summed E-state index contributed by atoms with van der Waals surface area (Å²) in [6.07, 6.45) is -1.00. The van der Waals surface area contributed by atoms with Gasteiger partial charge in [-0.2, -0.15) is 0 Å². The number of anilines is 1. The van der Waals surface area contributed by atoms with Crippen LogP contribution in [0, 0.1) is 10.1 Å². The van der Waals surface area contributed by atoms with Gasteiger partial charge in [0, 0.05) is 12.6 Å². The summed E-state index contributed by atoms with van der Waals surface area (Å²) in [7, 11) is 0. The van der Waals surface area contributed by atoms with Crippen molar-refractivity contribution in [2.24, 2.45) is 0 Å². The summed E-state index contributed by atoms with van der Waals surface area (Å²) in [5.74, 6) is -0.654. The fourth-order valence-electron chi connectivity index (χ4n) is 1.39. The number of nitrogens with zero attached hydrogens (tertiary/aromatic N) is 2. The highest BCUT2D eigenvalue weighted by Crippen LogP contribution is 2.20. The van der Waals surface area contributed by atoms with Crippen LogP contribution >= 0.6 is 0 Å². The van der Waals surface area contributed by atoms with Gasteiger partial charge >= 0.3 is 0 Å². The Labute approximate surface area is 113 Å². The van der Waals surface area contributed by atoms with Gasteiger partial charge in [0.2, 0.25) is 0 Å². The lowest BCUT2D eigenvalue weighted by molar-refractivity contribution is -0.385. The standard InChI is InChI=1S/C11H14F2N4O3/c1-2-3-14-10-4-7(8(5-15-10)17(19)20)11(18)16-6-9(12)13/h4-5,9H,2-3,6H2,1H3,(H,14,15)(H,16,18). The maximum absolute atomic E-state index is 12.0. The minimum absolute atomic E-state index is 0.277. The average molecular weight is 288 g/mol. The first-order valence-electron chi connectivity index (χ1n) is 5.90. The second-order valence-electron chi connectivity index (χ2n) is 3.87. The summed E-state index contributed by atoms with van der Waals surface area (Å²) < 4.78 is 24.1. The summed E-state index contributed by atoms with van der Waals surface area (Å²) >= 11 is 0. The highest BCUT2D eigenvalue weighted by molar-refractivity contribution is 5.98. The first kappa shape index (κ1) is 15.7. The summed E-state index contributed by atoms with van der Waals surface area (Å²) in [4.78, 5) is 25.5. The Morgan fingerprint density at radius 3 is 2.80 bits per heavy atom. The summed E-state index contributed by atoms with van der Waals surface area (Å²) in [6, 6.07) is 1.18. The maximum Gasteiger partial charge on any atom is 0.300 e. The molecule has 1 amide bonds. The number of pyridine rings is 1. The van der Waals surface area contributed by atoms with Crippen molar-refractivity contribution in [2.45, 2.75) is 19.8 Å². The van der Waals surface area contributed by atoms with Gasteiger partial charge in [0.1, 0.15) is 17.6 Å². The van der Waals surface area contributed by atoms with Crippen LogP contribution in [-0.4, -0.2) is 35.3 Å². The van der Waals surface area contributed by atoms with Gasteiger partial charge in [-0.25, -0.2) is 13.8 Å². The average Bonchev–Trinajstić information content (AvgIpc) is 2.41. The SMILES string of the molecule is CCCNc1cc(C(=O)NCC(F)F)c([N+](=O)[O-])cn1. The number of alkyl halides is 2. The second kappa shape index (κ2) is 7.31. The van der Waals surface area contributed by atoms with E-state index < -0.39 is 29.5 Å². The monoisotopic (exact) mass is 288 g/mol. The lowest BCUT2D eigenvalue weighted by Gasteiger charge is -2.08. The van der Waals surface area contributed by atoms with E-state index in [2.05, 4.69) is 10.3 Å². The van der Waals surface area contributed by atoms with Crippen LogP contribution in [0.2, 0.25) is 0 Å². The van der Waals surface area contributed by atoms with Crippen LogP contribution in [0.3, 0.4) is 0 Å². The number of aromatic nitrogens is 1. The molecule has 7 nitrogen and oxygen atoms in total. The van der Waals surface area contributed by atoms with E-state index in [9.17, 15) is 23.7 Å². The topological polar surface area (TPSA) is 97.2 Å². The Morgan fingerprint density at radius 1 is 1.55 bits per heavy atom. The Kier molecular flexibility index (Phi) is 5.75. The van der Waals surface area contributed by atoms with Gasteiger partial charge in [-0.05, 0) is 6.42 Å². The number of rotatable bonds is 7. The molecule has 1 aromatic heterocycles. The summed E-state index contributed by atoms with van der Waals surface area (Å²) in [5.41, 5.74) is -0.830. The molecule has 0 aromatic carbocycles. The van der Waals surface area contributed by atoms with Gasteiger partial charge in [0.15, 0.2) is 0 Å². The third-order valence-corrected chi connectivity index (χ3v) is 2.30. The van der Waals surface area contributed by atoms with Gasteiger partial charge in [-0.3, -0.25) is 14.9 Å². The highest BCUT2D eigenvalue weighted by Gasteiger charge is 2.22. The van der Waals surface area contributed by atoms with Crippen molar-refractivity contribution in [1.82, 2.24) is 10.3 Å². The molecule has 0 aliphatic heterocycles. The van der Waals surface area contributed by atoms with E-state index >= 15 is 0 Å². The second-order valence-corrected chi connectivity index (χ2v) is 3.87. The van der Waals surface area contributed by atoms with Crippen LogP contribution in [0.4, 0.5) is 20.3 Å². The van der Waals surface area contributed by atoms with E-state index in [1.165, 1.54) is 6.07 Å². The molecule has 0 aliphatic rings. The van der Waals surface area contributed by atoms with Gasteiger partial charge in [0.05, 0.1) is 11.5 Å². The van der Waals surface area contributed by atoms with E-state index in [1.807, 2.05) is 12.2 Å². The normalized spacial score (nSPS) is 10.4. The van der Waals surface area contributed by atoms with Gasteiger partial charge in [-0.15, -0.1) is 0 Å². The molecule has 0 atom stereocenters. The zero-order valence-corrected chi connectivity index (χ0v) is 10.7. The van der Waals surface area contributed by atoms with Crippen molar-refractivity contribution in [3.8, 4) is 0 Å². The van der Waals surface area contributed by atoms with E-state index in [-0.39, 0.29) is 11.4 Å². The smallest absolute Gasteiger partial charge is 0.300 e. The van der Waals surface area contributed by atoms with E-state index in [0.717, 1.165) is 12.6 Å². The Balaban J connectivity index is 2.98. The summed E-state index contributed by atoms with van der Waals surface area (Å²) in [5, 5.41) is 15.6. The minimum atomic E-state index is -2.72. The molecular formula is C11H14F2N4O3. The van der Waals surface area contributed by atoms with Crippen LogP contribution in [0.1, 0.15) is 23.7 Å². The Bertz CT molecular complexity index is 497. The van der Waals surface area contributed by atoms with Crippen molar-refractivity contribution in [3.63, 3.8) is 0 Å². The van der Waals surface area contributed by atoms with Crippen LogP contribution in [0.15, 0.2) is 12.3 Å². The van der Waals surface area contributed by atoms with Crippen LogP contribution < -0.4 is 10.6 Å². The zero-order chi connectivity index (χ0) is 15.1. The number of hydrogen-bond acceptors (Lipinski definition) is 5. The minimum Gasteiger partial charge on any atom is -0.370 e. The fraction of sp³-hybridized carbons (Fsp3) is 0.455. The van der Waals surface area contributed by atoms with Crippen molar-refractivity contribution >= 4 is 17.4 Å². The molecule has 1 rings (SSSR count). The molecule has 1 aromatic rings.